The lowest BCUT2D eigenvalue weighted by atomic mass is 10.2. The Morgan fingerprint density at radius 2 is 1.95 bits per heavy atom. The molecule has 1 rings (SSSR count). The lowest BCUT2D eigenvalue weighted by Gasteiger charge is -2.15. The molecule has 0 aliphatic carbocycles. The summed E-state index contributed by atoms with van der Waals surface area (Å²) in [6.45, 7) is 0.146. The predicted molar refractivity (Wildman–Crippen MR) is 70.5 cm³/mol. The molecule has 0 aliphatic heterocycles. The lowest BCUT2D eigenvalue weighted by molar-refractivity contribution is -0.136. The highest BCUT2D eigenvalue weighted by atomic mass is 79.9. The first-order chi connectivity index (χ1) is 8.65. The van der Waals surface area contributed by atoms with Crippen molar-refractivity contribution in [3.63, 3.8) is 0 Å². The monoisotopic (exact) mass is 360 g/mol. The van der Waals surface area contributed by atoms with E-state index >= 15 is 0 Å². The number of rotatable bonds is 5. The number of halogens is 4. The van der Waals surface area contributed by atoms with Crippen LogP contribution in [0.1, 0.15) is 5.56 Å². The zero-order valence-corrected chi connectivity index (χ0v) is 12.3. The maximum absolute atomic E-state index is 12.8. The molecule has 0 unspecified atom stereocenters. The van der Waals surface area contributed by atoms with E-state index in [1.807, 2.05) is 4.72 Å². The van der Waals surface area contributed by atoms with E-state index < -0.39 is 27.5 Å². The highest BCUT2D eigenvalue weighted by molar-refractivity contribution is 9.10. The van der Waals surface area contributed by atoms with Gasteiger partial charge in [0.25, 0.3) is 0 Å². The number of nitrogens with one attached hydrogen (secondary N) is 2. The van der Waals surface area contributed by atoms with Gasteiger partial charge >= 0.3 is 6.18 Å². The van der Waals surface area contributed by atoms with Gasteiger partial charge in [0.1, 0.15) is 0 Å². The van der Waals surface area contributed by atoms with Crippen molar-refractivity contribution >= 4 is 31.6 Å². The SMILES string of the molecule is CNCCS(=O)(=O)Nc1ccc(Br)cc1C(F)(F)F. The van der Waals surface area contributed by atoms with E-state index in [4.69, 9.17) is 0 Å². The predicted octanol–water partition coefficient (Wildman–Crippen LogP) is 2.43. The zero-order valence-electron chi connectivity index (χ0n) is 9.88. The second kappa shape index (κ2) is 6.10. The van der Waals surface area contributed by atoms with E-state index in [1.165, 1.54) is 6.07 Å². The molecule has 0 bridgehead atoms. The van der Waals surface area contributed by atoms with Crippen LogP contribution in [0.3, 0.4) is 0 Å². The van der Waals surface area contributed by atoms with Crippen LogP contribution in [0.15, 0.2) is 22.7 Å². The Bertz CT molecular complexity index is 546. The molecule has 2 N–H and O–H groups in total. The standard InChI is InChI=1S/C10H12BrF3N2O2S/c1-15-4-5-19(17,18)16-9-3-2-7(11)6-8(9)10(12,13)14/h2-3,6,15-16H,4-5H2,1H3. The summed E-state index contributed by atoms with van der Waals surface area (Å²) in [6, 6.07) is 3.24. The van der Waals surface area contributed by atoms with E-state index in [0.717, 1.165) is 12.1 Å². The summed E-state index contributed by atoms with van der Waals surface area (Å²) in [5.41, 5.74) is -1.51. The molecule has 1 aromatic rings. The van der Waals surface area contributed by atoms with E-state index in [9.17, 15) is 21.6 Å². The van der Waals surface area contributed by atoms with Crippen molar-refractivity contribution in [2.24, 2.45) is 0 Å². The normalized spacial score (nSPS) is 12.5. The molecule has 4 nitrogen and oxygen atoms in total. The van der Waals surface area contributed by atoms with Crippen LogP contribution in [-0.2, 0) is 16.2 Å². The van der Waals surface area contributed by atoms with Gasteiger partial charge < -0.3 is 5.32 Å². The number of hydrogen-bond acceptors (Lipinski definition) is 3. The van der Waals surface area contributed by atoms with Gasteiger partial charge in [-0.3, -0.25) is 4.72 Å². The second-order valence-electron chi connectivity index (χ2n) is 3.71. The van der Waals surface area contributed by atoms with Gasteiger partial charge in [-0.1, -0.05) is 15.9 Å². The van der Waals surface area contributed by atoms with Crippen LogP contribution in [-0.4, -0.2) is 27.8 Å². The fourth-order valence-electron chi connectivity index (χ4n) is 1.29. The molecule has 0 amide bonds. The summed E-state index contributed by atoms with van der Waals surface area (Å²) >= 11 is 2.92. The molecule has 108 valence electrons. The highest BCUT2D eigenvalue weighted by Crippen LogP contribution is 2.36. The fourth-order valence-corrected chi connectivity index (χ4v) is 2.74. The summed E-state index contributed by atoms with van der Waals surface area (Å²) in [5, 5.41) is 2.61. The minimum absolute atomic E-state index is 0.146. The molecule has 9 heteroatoms. The van der Waals surface area contributed by atoms with Gasteiger partial charge in [-0.05, 0) is 25.2 Å². The van der Waals surface area contributed by atoms with Crippen molar-refractivity contribution in [1.29, 1.82) is 0 Å². The van der Waals surface area contributed by atoms with Crippen LogP contribution in [0.4, 0.5) is 18.9 Å². The highest BCUT2D eigenvalue weighted by Gasteiger charge is 2.34. The van der Waals surface area contributed by atoms with Gasteiger partial charge in [-0.2, -0.15) is 13.2 Å². The maximum Gasteiger partial charge on any atom is 0.418 e. The third-order valence-corrected chi connectivity index (χ3v) is 3.94. The molecular weight excluding hydrogens is 349 g/mol. The van der Waals surface area contributed by atoms with Crippen LogP contribution in [0.25, 0.3) is 0 Å². The second-order valence-corrected chi connectivity index (χ2v) is 6.47. The minimum Gasteiger partial charge on any atom is -0.319 e. The number of sulfonamides is 1. The van der Waals surface area contributed by atoms with Crippen molar-refractivity contribution in [3.8, 4) is 0 Å². The van der Waals surface area contributed by atoms with E-state index in [0.29, 0.717) is 0 Å². The number of hydrogen-bond donors (Lipinski definition) is 2. The average Bonchev–Trinajstić information content (AvgIpc) is 2.27. The minimum atomic E-state index is -4.63. The van der Waals surface area contributed by atoms with Crippen molar-refractivity contribution in [2.45, 2.75) is 6.18 Å². The Labute approximate surface area is 117 Å². The molecule has 1 aromatic carbocycles. The van der Waals surface area contributed by atoms with E-state index in [-0.39, 0.29) is 16.8 Å². The van der Waals surface area contributed by atoms with Gasteiger partial charge in [-0.25, -0.2) is 8.42 Å². The number of anilines is 1. The van der Waals surface area contributed by atoms with Crippen LogP contribution in [0.5, 0.6) is 0 Å². The molecule has 0 saturated heterocycles. The largest absolute Gasteiger partial charge is 0.418 e. The van der Waals surface area contributed by atoms with Gasteiger partial charge in [0.15, 0.2) is 0 Å². The summed E-state index contributed by atoms with van der Waals surface area (Å²) < 4.78 is 63.7. The third kappa shape index (κ3) is 5.00. The fraction of sp³-hybridized carbons (Fsp3) is 0.400. The Morgan fingerprint density at radius 3 is 2.47 bits per heavy atom. The Morgan fingerprint density at radius 1 is 1.32 bits per heavy atom. The zero-order chi connectivity index (χ0) is 14.7. The van der Waals surface area contributed by atoms with E-state index in [2.05, 4.69) is 21.2 Å². The van der Waals surface area contributed by atoms with Crippen LogP contribution < -0.4 is 10.0 Å². The molecule has 0 saturated carbocycles. The molecular formula is C10H12BrF3N2O2S. The average molecular weight is 361 g/mol. The Hall–Kier alpha value is -0.800. The van der Waals surface area contributed by atoms with Crippen LogP contribution in [0, 0.1) is 0 Å². The lowest BCUT2D eigenvalue weighted by Crippen LogP contribution is -2.25. The number of alkyl halides is 3. The van der Waals surface area contributed by atoms with Gasteiger partial charge in [0, 0.05) is 11.0 Å². The van der Waals surface area contributed by atoms with Crippen molar-refractivity contribution in [1.82, 2.24) is 5.32 Å². The first kappa shape index (κ1) is 16.3. The Kier molecular flexibility index (Phi) is 5.22. The summed E-state index contributed by atoms with van der Waals surface area (Å²) in [5.74, 6) is -0.309. The molecule has 0 spiro atoms. The summed E-state index contributed by atoms with van der Waals surface area (Å²) in [6.07, 6.45) is -4.63. The molecule has 0 atom stereocenters. The topological polar surface area (TPSA) is 58.2 Å². The van der Waals surface area contributed by atoms with Gasteiger partial charge in [0.05, 0.1) is 17.0 Å². The first-order valence-corrected chi connectivity index (χ1v) is 7.62. The molecule has 0 fully saturated rings. The molecule has 0 heterocycles. The van der Waals surface area contributed by atoms with Gasteiger partial charge in [-0.15, -0.1) is 0 Å². The summed E-state index contributed by atoms with van der Waals surface area (Å²) in [4.78, 5) is 0. The molecule has 0 radical (unpaired) electrons. The third-order valence-electron chi connectivity index (χ3n) is 2.17. The maximum atomic E-state index is 12.8. The molecule has 0 aliphatic rings. The van der Waals surface area contributed by atoms with Crippen molar-refractivity contribution < 1.29 is 21.6 Å². The van der Waals surface area contributed by atoms with Crippen molar-refractivity contribution in [3.05, 3.63) is 28.2 Å². The molecule has 0 aromatic heterocycles. The molecule has 19 heavy (non-hydrogen) atoms. The first-order valence-electron chi connectivity index (χ1n) is 5.17. The smallest absolute Gasteiger partial charge is 0.319 e. The van der Waals surface area contributed by atoms with Crippen molar-refractivity contribution in [2.75, 3.05) is 24.1 Å². The van der Waals surface area contributed by atoms with Gasteiger partial charge in [0.2, 0.25) is 10.0 Å². The van der Waals surface area contributed by atoms with E-state index in [1.54, 1.807) is 7.05 Å². The van der Waals surface area contributed by atoms with Crippen LogP contribution in [0.2, 0.25) is 0 Å². The number of benzene rings is 1. The Balaban J connectivity index is 3.08. The quantitative estimate of drug-likeness (QED) is 0.847. The summed E-state index contributed by atoms with van der Waals surface area (Å²) in [7, 11) is -2.27. The van der Waals surface area contributed by atoms with Crippen LogP contribution >= 0.6 is 15.9 Å².